The van der Waals surface area contributed by atoms with Gasteiger partial charge in [-0.1, -0.05) is 6.92 Å². The van der Waals surface area contributed by atoms with Crippen LogP contribution in [-0.2, 0) is 0 Å². The molecule has 0 saturated heterocycles. The average molecular weight is 339 g/mol. The molecule has 0 atom stereocenters. The zero-order valence-corrected chi connectivity index (χ0v) is 13.3. The molecule has 2 rings (SSSR count). The molecular weight excluding hydrogens is 324 g/mol. The second-order valence-corrected chi connectivity index (χ2v) is 5.83. The fraction of sp³-hybridized carbons (Fsp3) is 0.308. The van der Waals surface area contributed by atoms with Crippen LogP contribution in [0.15, 0.2) is 39.1 Å². The number of halogens is 1. The molecule has 1 N–H and O–H groups in total. The van der Waals surface area contributed by atoms with Crippen LogP contribution in [0.3, 0.4) is 0 Å². The summed E-state index contributed by atoms with van der Waals surface area (Å²) >= 11 is 5.04. The van der Waals surface area contributed by atoms with Gasteiger partial charge in [0.2, 0.25) is 5.95 Å². The number of aryl methyl sites for hydroxylation is 1. The van der Waals surface area contributed by atoms with Gasteiger partial charge in [0.15, 0.2) is 0 Å². The Balaban J connectivity index is 2.21. The van der Waals surface area contributed by atoms with Crippen molar-refractivity contribution in [2.24, 2.45) is 0 Å². The lowest BCUT2D eigenvalue weighted by molar-refractivity contribution is 0.924. The first-order valence-electron chi connectivity index (χ1n) is 6.06. The van der Waals surface area contributed by atoms with E-state index in [1.807, 2.05) is 25.3 Å². The molecule has 6 heteroatoms. The first-order chi connectivity index (χ1) is 9.20. The third-order valence-corrected chi connectivity index (χ3v) is 4.40. The van der Waals surface area contributed by atoms with Crippen molar-refractivity contribution < 1.29 is 0 Å². The molecule has 0 fully saturated rings. The van der Waals surface area contributed by atoms with Crippen molar-refractivity contribution in [2.45, 2.75) is 30.3 Å². The summed E-state index contributed by atoms with van der Waals surface area (Å²) in [6.45, 7) is 4.99. The van der Waals surface area contributed by atoms with E-state index >= 15 is 0 Å². The minimum absolute atomic E-state index is 0.669. The second kappa shape index (κ2) is 6.86. The molecule has 0 aromatic carbocycles. The molecule has 100 valence electrons. The van der Waals surface area contributed by atoms with Crippen LogP contribution in [0.1, 0.15) is 18.9 Å². The molecule has 0 unspecified atom stereocenters. The molecule has 4 nitrogen and oxygen atoms in total. The van der Waals surface area contributed by atoms with Crippen LogP contribution in [0.2, 0.25) is 0 Å². The van der Waals surface area contributed by atoms with Gasteiger partial charge >= 0.3 is 0 Å². The molecule has 0 aliphatic carbocycles. The minimum Gasteiger partial charge on any atom is -0.354 e. The Morgan fingerprint density at radius 3 is 2.89 bits per heavy atom. The van der Waals surface area contributed by atoms with Crippen LogP contribution in [0.5, 0.6) is 0 Å². The highest BCUT2D eigenvalue weighted by Gasteiger charge is 2.09. The molecule has 0 bridgehead atoms. The highest BCUT2D eigenvalue weighted by molar-refractivity contribution is 9.10. The van der Waals surface area contributed by atoms with Gasteiger partial charge in [-0.05, 0) is 53.2 Å². The lowest BCUT2D eigenvalue weighted by Crippen LogP contribution is -2.05. The van der Waals surface area contributed by atoms with E-state index in [1.54, 1.807) is 6.20 Å². The van der Waals surface area contributed by atoms with E-state index < -0.39 is 0 Å². The van der Waals surface area contributed by atoms with Crippen LogP contribution in [-0.4, -0.2) is 21.5 Å². The van der Waals surface area contributed by atoms with E-state index in [1.165, 1.54) is 11.8 Å². The normalized spacial score (nSPS) is 10.5. The first kappa shape index (κ1) is 14.3. The summed E-state index contributed by atoms with van der Waals surface area (Å²) in [6.07, 6.45) is 4.66. The zero-order chi connectivity index (χ0) is 13.7. The number of aromatic nitrogens is 3. The average Bonchev–Trinajstić information content (AvgIpc) is 2.42. The lowest BCUT2D eigenvalue weighted by atomic mass is 10.4. The second-order valence-electron chi connectivity index (χ2n) is 4.00. The summed E-state index contributed by atoms with van der Waals surface area (Å²) < 4.78 is 0.973. The summed E-state index contributed by atoms with van der Waals surface area (Å²) in [5.74, 6) is 0.669. The van der Waals surface area contributed by atoms with Crippen LogP contribution in [0.25, 0.3) is 0 Å². The predicted octanol–water partition coefficient (Wildman–Crippen LogP) is 3.92. The Kier molecular flexibility index (Phi) is 5.15. The summed E-state index contributed by atoms with van der Waals surface area (Å²) in [5, 5.41) is 5.03. The van der Waals surface area contributed by atoms with E-state index in [0.717, 1.165) is 33.1 Å². The van der Waals surface area contributed by atoms with Crippen molar-refractivity contribution in [1.82, 2.24) is 15.0 Å². The molecule has 0 amide bonds. The van der Waals surface area contributed by atoms with E-state index in [2.05, 4.69) is 43.1 Å². The molecule has 0 aliphatic heterocycles. The fourth-order valence-corrected chi connectivity index (χ4v) is 2.70. The number of hydrogen-bond donors (Lipinski definition) is 1. The Labute approximate surface area is 125 Å². The van der Waals surface area contributed by atoms with Gasteiger partial charge < -0.3 is 5.32 Å². The molecule has 0 saturated carbocycles. The van der Waals surface area contributed by atoms with Crippen molar-refractivity contribution in [1.29, 1.82) is 0 Å². The highest BCUT2D eigenvalue weighted by atomic mass is 79.9. The van der Waals surface area contributed by atoms with Gasteiger partial charge in [0.1, 0.15) is 10.1 Å². The van der Waals surface area contributed by atoms with Crippen molar-refractivity contribution in [3.8, 4) is 0 Å². The summed E-state index contributed by atoms with van der Waals surface area (Å²) in [4.78, 5) is 13.1. The standard InChI is InChI=1S/C13H15BrN4S/c1-3-6-16-13-17-8-9(2)11(18-13)19-12-10(14)5-4-7-15-12/h4-5,7-8H,3,6H2,1-2H3,(H,16,17,18). The Hall–Kier alpha value is -1.14. The summed E-state index contributed by atoms with van der Waals surface area (Å²) in [7, 11) is 0. The molecule has 2 heterocycles. The largest absolute Gasteiger partial charge is 0.354 e. The van der Waals surface area contributed by atoms with Crippen molar-refractivity contribution in [2.75, 3.05) is 11.9 Å². The number of nitrogens with zero attached hydrogens (tertiary/aromatic N) is 3. The maximum atomic E-state index is 4.53. The molecule has 19 heavy (non-hydrogen) atoms. The topological polar surface area (TPSA) is 50.7 Å². The number of pyridine rings is 1. The Bertz CT molecular complexity index is 562. The van der Waals surface area contributed by atoms with Gasteiger partial charge in [-0.2, -0.15) is 0 Å². The zero-order valence-electron chi connectivity index (χ0n) is 10.9. The highest BCUT2D eigenvalue weighted by Crippen LogP contribution is 2.32. The maximum Gasteiger partial charge on any atom is 0.223 e. The van der Waals surface area contributed by atoms with Gasteiger partial charge in [-0.15, -0.1) is 0 Å². The molecule has 2 aromatic heterocycles. The Morgan fingerprint density at radius 1 is 1.32 bits per heavy atom. The van der Waals surface area contributed by atoms with E-state index in [9.17, 15) is 0 Å². The molecule has 0 aliphatic rings. The van der Waals surface area contributed by atoms with Crippen LogP contribution < -0.4 is 5.32 Å². The monoisotopic (exact) mass is 338 g/mol. The number of rotatable bonds is 5. The first-order valence-corrected chi connectivity index (χ1v) is 7.67. The van der Waals surface area contributed by atoms with Gasteiger partial charge in [-0.3, -0.25) is 0 Å². The van der Waals surface area contributed by atoms with Crippen molar-refractivity contribution in [3.63, 3.8) is 0 Å². The van der Waals surface area contributed by atoms with Crippen molar-refractivity contribution in [3.05, 3.63) is 34.6 Å². The lowest BCUT2D eigenvalue weighted by Gasteiger charge is -2.08. The third kappa shape index (κ3) is 3.91. The van der Waals surface area contributed by atoms with Gasteiger partial charge in [-0.25, -0.2) is 15.0 Å². The van der Waals surface area contributed by atoms with E-state index in [0.29, 0.717) is 5.95 Å². The summed E-state index contributed by atoms with van der Waals surface area (Å²) in [6, 6.07) is 3.87. The van der Waals surface area contributed by atoms with E-state index in [4.69, 9.17) is 0 Å². The van der Waals surface area contributed by atoms with Crippen LogP contribution in [0, 0.1) is 6.92 Å². The fourth-order valence-electron chi connectivity index (χ4n) is 1.39. The van der Waals surface area contributed by atoms with E-state index in [-0.39, 0.29) is 0 Å². The quantitative estimate of drug-likeness (QED) is 0.837. The van der Waals surface area contributed by atoms with Crippen LogP contribution in [0.4, 0.5) is 5.95 Å². The van der Waals surface area contributed by atoms with Crippen LogP contribution >= 0.6 is 27.7 Å². The van der Waals surface area contributed by atoms with Gasteiger partial charge in [0.25, 0.3) is 0 Å². The van der Waals surface area contributed by atoms with Gasteiger partial charge in [0, 0.05) is 24.5 Å². The third-order valence-electron chi connectivity index (χ3n) is 2.38. The summed E-state index contributed by atoms with van der Waals surface area (Å²) in [5.41, 5.74) is 1.05. The SMILES string of the molecule is CCCNc1ncc(C)c(Sc2ncccc2Br)n1. The molecule has 0 radical (unpaired) electrons. The predicted molar refractivity (Wildman–Crippen MR) is 81.6 cm³/mol. The molecule has 0 spiro atoms. The number of anilines is 1. The minimum atomic E-state index is 0.669. The maximum absolute atomic E-state index is 4.53. The van der Waals surface area contributed by atoms with Gasteiger partial charge in [0.05, 0.1) is 4.47 Å². The molecular formula is C13H15BrN4S. The number of hydrogen-bond acceptors (Lipinski definition) is 5. The molecule has 2 aromatic rings. The smallest absolute Gasteiger partial charge is 0.223 e. The van der Waals surface area contributed by atoms with Crippen molar-refractivity contribution >= 4 is 33.6 Å². The Morgan fingerprint density at radius 2 is 2.16 bits per heavy atom. The number of nitrogens with one attached hydrogen (secondary N) is 1.